The largest absolute Gasteiger partial charge is 0.291 e. The first kappa shape index (κ1) is 12.5. The fraction of sp³-hybridized carbons (Fsp3) is 0.500. The van der Waals surface area contributed by atoms with E-state index in [4.69, 9.17) is 0 Å². The smallest absolute Gasteiger partial charge is 0.233 e. The van der Waals surface area contributed by atoms with Gasteiger partial charge in [0.05, 0.1) is 23.3 Å². The van der Waals surface area contributed by atoms with Crippen LogP contribution in [0.3, 0.4) is 0 Å². The van der Waals surface area contributed by atoms with Gasteiger partial charge in [-0.15, -0.1) is 11.3 Å². The van der Waals surface area contributed by atoms with Gasteiger partial charge in [-0.05, 0) is 30.2 Å². The third-order valence-electron chi connectivity index (χ3n) is 4.06. The van der Waals surface area contributed by atoms with Crippen molar-refractivity contribution in [3.63, 3.8) is 0 Å². The maximum absolute atomic E-state index is 12.2. The molecule has 5 heteroatoms. The molecule has 1 aromatic rings. The van der Waals surface area contributed by atoms with Crippen LogP contribution < -0.4 is 0 Å². The van der Waals surface area contributed by atoms with Gasteiger partial charge in [-0.3, -0.25) is 19.3 Å². The summed E-state index contributed by atoms with van der Waals surface area (Å²) in [4.78, 5) is 38.2. The van der Waals surface area contributed by atoms with Crippen LogP contribution in [0.5, 0.6) is 0 Å². The van der Waals surface area contributed by atoms with Crippen LogP contribution >= 0.6 is 11.3 Å². The number of carbonyl (C=O) groups is 3. The van der Waals surface area contributed by atoms with Crippen molar-refractivity contribution in [3.05, 3.63) is 22.4 Å². The fourth-order valence-electron chi connectivity index (χ4n) is 3.16. The highest BCUT2D eigenvalue weighted by Gasteiger charge is 2.51. The minimum absolute atomic E-state index is 0.0977. The molecular weight excluding hydrogens is 262 g/mol. The summed E-state index contributed by atoms with van der Waals surface area (Å²) in [6.45, 7) is 1.97. The number of hydrogen-bond acceptors (Lipinski definition) is 4. The molecule has 2 amide bonds. The fourth-order valence-corrected chi connectivity index (χ4v) is 3.82. The Morgan fingerprint density at radius 1 is 1.32 bits per heavy atom. The topological polar surface area (TPSA) is 54.5 Å². The molecule has 2 atom stereocenters. The Balaban J connectivity index is 1.75. The highest BCUT2D eigenvalue weighted by Crippen LogP contribution is 2.42. The van der Waals surface area contributed by atoms with Crippen LogP contribution in [0.25, 0.3) is 0 Å². The molecule has 1 aliphatic carbocycles. The van der Waals surface area contributed by atoms with E-state index in [0.29, 0.717) is 10.8 Å². The molecular formula is C14H15NO3S. The lowest BCUT2D eigenvalue weighted by atomic mass is 10.00. The molecule has 0 radical (unpaired) electrons. The van der Waals surface area contributed by atoms with Crippen LogP contribution in [0.4, 0.5) is 0 Å². The molecule has 19 heavy (non-hydrogen) atoms. The highest BCUT2D eigenvalue weighted by molar-refractivity contribution is 7.12. The second-order valence-corrected chi connectivity index (χ2v) is 6.40. The molecule has 3 rings (SSSR count). The van der Waals surface area contributed by atoms with Crippen LogP contribution in [-0.2, 0) is 9.59 Å². The van der Waals surface area contributed by atoms with E-state index in [1.807, 2.05) is 5.38 Å². The first-order valence-corrected chi connectivity index (χ1v) is 7.38. The van der Waals surface area contributed by atoms with Gasteiger partial charge in [-0.25, -0.2) is 0 Å². The number of carbonyl (C=O) groups excluding carboxylic acids is 3. The van der Waals surface area contributed by atoms with Crippen molar-refractivity contribution in [2.24, 2.45) is 17.8 Å². The third-order valence-corrected chi connectivity index (χ3v) is 4.97. The zero-order chi connectivity index (χ0) is 13.6. The molecule has 0 bridgehead atoms. The second-order valence-electron chi connectivity index (χ2n) is 5.45. The van der Waals surface area contributed by atoms with Crippen LogP contribution in [0, 0.1) is 17.8 Å². The molecule has 1 aromatic heterocycles. The summed E-state index contributed by atoms with van der Waals surface area (Å²) in [6, 6.07) is 3.52. The van der Waals surface area contributed by atoms with E-state index in [9.17, 15) is 14.4 Å². The van der Waals surface area contributed by atoms with Gasteiger partial charge in [0, 0.05) is 0 Å². The molecule has 100 valence electrons. The first-order chi connectivity index (χ1) is 9.08. The Morgan fingerprint density at radius 3 is 2.47 bits per heavy atom. The number of Topliss-reactive ketones (excluding diaryl/α,β-unsaturated/α-hetero) is 1. The molecule has 1 aliphatic heterocycles. The van der Waals surface area contributed by atoms with Crippen molar-refractivity contribution < 1.29 is 14.4 Å². The van der Waals surface area contributed by atoms with E-state index in [1.165, 1.54) is 16.2 Å². The second kappa shape index (κ2) is 4.56. The number of amides is 2. The number of hydrogen-bond donors (Lipinski definition) is 0. The predicted octanol–water partition coefficient (Wildman–Crippen LogP) is 1.96. The standard InChI is InChI=1S/C14H15NO3S/c1-8-5-9-10(6-8)14(18)15(13(9)17)7-11(16)12-3-2-4-19-12/h2-4,8-10H,5-7H2,1H3. The number of likely N-dealkylation sites (tertiary alicyclic amines) is 1. The summed E-state index contributed by atoms with van der Waals surface area (Å²) in [5.41, 5.74) is 0. The molecule has 2 heterocycles. The number of thiophene rings is 1. The van der Waals surface area contributed by atoms with Gasteiger partial charge in [0.15, 0.2) is 5.78 Å². The highest BCUT2D eigenvalue weighted by atomic mass is 32.1. The Bertz CT molecular complexity index is 513. The Hall–Kier alpha value is -1.49. The van der Waals surface area contributed by atoms with Crippen LogP contribution in [-0.4, -0.2) is 29.0 Å². The predicted molar refractivity (Wildman–Crippen MR) is 70.7 cm³/mol. The molecule has 0 N–H and O–H groups in total. The van der Waals surface area contributed by atoms with E-state index in [1.54, 1.807) is 12.1 Å². The van der Waals surface area contributed by atoms with Gasteiger partial charge in [0.2, 0.25) is 11.8 Å². The SMILES string of the molecule is CC1CC2C(=O)N(CC(=O)c3cccs3)C(=O)C2C1. The van der Waals surface area contributed by atoms with Crippen molar-refractivity contribution in [1.82, 2.24) is 4.90 Å². The molecule has 0 spiro atoms. The van der Waals surface area contributed by atoms with Crippen LogP contribution in [0.2, 0.25) is 0 Å². The van der Waals surface area contributed by atoms with E-state index in [-0.39, 0.29) is 36.0 Å². The average molecular weight is 277 g/mol. The molecule has 2 fully saturated rings. The van der Waals surface area contributed by atoms with E-state index in [2.05, 4.69) is 6.92 Å². The van der Waals surface area contributed by atoms with Crippen molar-refractivity contribution in [3.8, 4) is 0 Å². The molecule has 4 nitrogen and oxygen atoms in total. The molecule has 1 saturated carbocycles. The zero-order valence-corrected chi connectivity index (χ0v) is 11.5. The summed E-state index contributed by atoms with van der Waals surface area (Å²) >= 11 is 1.34. The minimum atomic E-state index is -0.182. The van der Waals surface area contributed by atoms with Crippen molar-refractivity contribution in [2.75, 3.05) is 6.54 Å². The first-order valence-electron chi connectivity index (χ1n) is 6.50. The summed E-state index contributed by atoms with van der Waals surface area (Å²) in [6.07, 6.45) is 1.55. The number of fused-ring (bicyclic) bond motifs is 1. The minimum Gasteiger partial charge on any atom is -0.291 e. The van der Waals surface area contributed by atoms with Gasteiger partial charge in [-0.1, -0.05) is 13.0 Å². The quantitative estimate of drug-likeness (QED) is 0.627. The number of imide groups is 1. The van der Waals surface area contributed by atoms with E-state index in [0.717, 1.165) is 12.8 Å². The van der Waals surface area contributed by atoms with Crippen molar-refractivity contribution >= 4 is 28.9 Å². The molecule has 1 saturated heterocycles. The number of nitrogens with zero attached hydrogens (tertiary/aromatic N) is 1. The maximum Gasteiger partial charge on any atom is 0.233 e. The summed E-state index contributed by atoms with van der Waals surface area (Å²) in [5.74, 6) is -0.381. The van der Waals surface area contributed by atoms with Gasteiger partial charge in [0.1, 0.15) is 0 Å². The molecule has 2 aliphatic rings. The van der Waals surface area contributed by atoms with Gasteiger partial charge >= 0.3 is 0 Å². The summed E-state index contributed by atoms with van der Waals surface area (Å²) in [7, 11) is 0. The lowest BCUT2D eigenvalue weighted by Crippen LogP contribution is -2.36. The molecule has 0 aromatic carbocycles. The van der Waals surface area contributed by atoms with E-state index >= 15 is 0 Å². The van der Waals surface area contributed by atoms with Crippen molar-refractivity contribution in [1.29, 1.82) is 0 Å². The zero-order valence-electron chi connectivity index (χ0n) is 10.7. The monoisotopic (exact) mass is 277 g/mol. The average Bonchev–Trinajstić information content (AvgIpc) is 3.05. The number of rotatable bonds is 3. The summed E-state index contributed by atoms with van der Waals surface area (Å²) < 4.78 is 0. The van der Waals surface area contributed by atoms with Gasteiger partial charge < -0.3 is 0 Å². The third kappa shape index (κ3) is 2.02. The van der Waals surface area contributed by atoms with E-state index < -0.39 is 0 Å². The maximum atomic E-state index is 12.2. The van der Waals surface area contributed by atoms with Gasteiger partial charge in [0.25, 0.3) is 0 Å². The summed E-state index contributed by atoms with van der Waals surface area (Å²) in [5, 5.41) is 1.82. The molecule has 2 unspecified atom stereocenters. The Morgan fingerprint density at radius 2 is 1.95 bits per heavy atom. The van der Waals surface area contributed by atoms with Crippen LogP contribution in [0.1, 0.15) is 29.4 Å². The van der Waals surface area contributed by atoms with Crippen LogP contribution in [0.15, 0.2) is 17.5 Å². The Kier molecular flexibility index (Phi) is 3.01. The lowest BCUT2D eigenvalue weighted by Gasteiger charge is -2.15. The lowest BCUT2D eigenvalue weighted by molar-refractivity contribution is -0.139. The van der Waals surface area contributed by atoms with Crippen molar-refractivity contribution in [2.45, 2.75) is 19.8 Å². The number of ketones is 1. The normalized spacial score (nSPS) is 29.9. The van der Waals surface area contributed by atoms with Gasteiger partial charge in [-0.2, -0.15) is 0 Å². The Labute approximate surface area is 115 Å².